The molecule has 0 unspecified atom stereocenters. The molecule has 1 aliphatic rings. The number of carboxylic acid groups (broad SMARTS) is 1. The third-order valence-electron chi connectivity index (χ3n) is 5.07. The summed E-state index contributed by atoms with van der Waals surface area (Å²) in [5, 5.41) is 13.1. The van der Waals surface area contributed by atoms with Crippen molar-refractivity contribution in [3.8, 4) is 17.0 Å². The maximum Gasteiger partial charge on any atom is 0.335 e. The monoisotopic (exact) mass is 408 g/mol. The molecule has 30 heavy (non-hydrogen) atoms. The molecule has 8 heteroatoms. The molecule has 0 bridgehead atoms. The molecule has 0 atom stereocenters. The molecule has 4 rings (SSSR count). The minimum Gasteiger partial charge on any atom is -0.486 e. The Hall–Kier alpha value is -3.26. The fraction of sp³-hybridized carbons (Fsp3) is 0.364. The van der Waals surface area contributed by atoms with Gasteiger partial charge in [0.1, 0.15) is 11.9 Å². The number of aromatic nitrogens is 3. The summed E-state index contributed by atoms with van der Waals surface area (Å²) in [6.07, 6.45) is 1.80. The van der Waals surface area contributed by atoms with Crippen LogP contribution in [0, 0.1) is 6.92 Å². The van der Waals surface area contributed by atoms with Gasteiger partial charge in [-0.2, -0.15) is 4.98 Å². The molecule has 1 saturated heterocycles. The molecule has 0 amide bonds. The fourth-order valence-electron chi connectivity index (χ4n) is 3.36. The van der Waals surface area contributed by atoms with Crippen molar-refractivity contribution in [2.24, 2.45) is 0 Å². The zero-order valence-corrected chi connectivity index (χ0v) is 17.2. The predicted octanol–water partition coefficient (Wildman–Crippen LogP) is 3.52. The Morgan fingerprint density at radius 3 is 2.70 bits per heavy atom. The van der Waals surface area contributed by atoms with E-state index in [4.69, 9.17) is 14.4 Å². The quantitative estimate of drug-likeness (QED) is 0.634. The first-order valence-electron chi connectivity index (χ1n) is 9.91. The molecule has 8 nitrogen and oxygen atoms in total. The maximum absolute atomic E-state index is 11.2. The van der Waals surface area contributed by atoms with E-state index in [1.807, 2.05) is 32.0 Å². The molecular weight excluding hydrogens is 384 g/mol. The second-order valence-corrected chi connectivity index (χ2v) is 7.85. The van der Waals surface area contributed by atoms with Gasteiger partial charge >= 0.3 is 5.97 Å². The molecule has 0 saturated carbocycles. The fourth-order valence-corrected chi connectivity index (χ4v) is 3.36. The summed E-state index contributed by atoms with van der Waals surface area (Å²) in [6.45, 7) is 8.06. The van der Waals surface area contributed by atoms with Gasteiger partial charge in [0.05, 0.1) is 24.0 Å². The van der Waals surface area contributed by atoms with Crippen LogP contribution in [0.1, 0.15) is 47.4 Å². The Morgan fingerprint density at radius 2 is 2.10 bits per heavy atom. The zero-order valence-electron chi connectivity index (χ0n) is 17.2. The summed E-state index contributed by atoms with van der Waals surface area (Å²) in [5.74, 6) is 1.40. The largest absolute Gasteiger partial charge is 0.486 e. The Kier molecular flexibility index (Phi) is 5.50. The lowest BCUT2D eigenvalue weighted by Gasteiger charge is -2.37. The highest BCUT2D eigenvalue weighted by molar-refractivity contribution is 5.90. The smallest absolute Gasteiger partial charge is 0.335 e. The van der Waals surface area contributed by atoms with Crippen LogP contribution in [-0.4, -0.2) is 50.3 Å². The molecule has 1 N–H and O–H groups in total. The van der Waals surface area contributed by atoms with E-state index < -0.39 is 5.97 Å². The summed E-state index contributed by atoms with van der Waals surface area (Å²) < 4.78 is 11.3. The number of hydrogen-bond acceptors (Lipinski definition) is 7. The molecule has 156 valence electrons. The average Bonchev–Trinajstić information content (AvgIpc) is 3.15. The van der Waals surface area contributed by atoms with E-state index in [1.165, 1.54) is 0 Å². The average molecular weight is 408 g/mol. The first-order chi connectivity index (χ1) is 14.4. The first-order valence-corrected chi connectivity index (χ1v) is 9.91. The van der Waals surface area contributed by atoms with Crippen molar-refractivity contribution in [3.63, 3.8) is 0 Å². The summed E-state index contributed by atoms with van der Waals surface area (Å²) in [6, 6.07) is 8.98. The summed E-state index contributed by atoms with van der Waals surface area (Å²) >= 11 is 0. The highest BCUT2D eigenvalue weighted by Gasteiger charge is 2.30. The van der Waals surface area contributed by atoms with Gasteiger partial charge in [0.15, 0.2) is 5.82 Å². The summed E-state index contributed by atoms with van der Waals surface area (Å²) in [4.78, 5) is 22.2. The maximum atomic E-state index is 11.2. The van der Waals surface area contributed by atoms with Crippen LogP contribution >= 0.6 is 0 Å². The molecule has 0 radical (unpaired) electrons. The van der Waals surface area contributed by atoms with E-state index in [-0.39, 0.29) is 12.0 Å². The van der Waals surface area contributed by atoms with Gasteiger partial charge in [-0.1, -0.05) is 25.1 Å². The molecule has 0 spiro atoms. The highest BCUT2D eigenvalue weighted by Crippen LogP contribution is 2.24. The molecular formula is C22H24N4O4. The van der Waals surface area contributed by atoms with Gasteiger partial charge in [0, 0.05) is 24.6 Å². The van der Waals surface area contributed by atoms with Crippen molar-refractivity contribution in [1.82, 2.24) is 20.0 Å². The number of carboxylic acids is 1. The van der Waals surface area contributed by atoms with Crippen LogP contribution in [0.3, 0.4) is 0 Å². The van der Waals surface area contributed by atoms with Gasteiger partial charge < -0.3 is 14.4 Å². The Labute approximate surface area is 174 Å². The van der Waals surface area contributed by atoms with Crippen molar-refractivity contribution in [3.05, 3.63) is 59.4 Å². The molecule has 1 aromatic carbocycles. The van der Waals surface area contributed by atoms with Crippen LogP contribution in [0.4, 0.5) is 0 Å². The summed E-state index contributed by atoms with van der Waals surface area (Å²) in [7, 11) is 0. The van der Waals surface area contributed by atoms with Crippen molar-refractivity contribution in [2.45, 2.75) is 39.3 Å². The number of hydrogen-bond donors (Lipinski definition) is 1. The van der Waals surface area contributed by atoms with Gasteiger partial charge in [-0.3, -0.25) is 9.88 Å². The Morgan fingerprint density at radius 1 is 1.30 bits per heavy atom. The topological polar surface area (TPSA) is 102 Å². The highest BCUT2D eigenvalue weighted by atomic mass is 16.5. The number of likely N-dealkylation sites (tertiary alicyclic amines) is 1. The van der Waals surface area contributed by atoms with Crippen LogP contribution in [-0.2, 0) is 6.54 Å². The minimum absolute atomic E-state index is 0.0993. The lowest BCUT2D eigenvalue weighted by atomic mass is 10.0. The van der Waals surface area contributed by atoms with Crippen molar-refractivity contribution >= 4 is 5.97 Å². The number of benzene rings is 1. The third kappa shape index (κ3) is 4.33. The van der Waals surface area contributed by atoms with Crippen LogP contribution in [0.15, 0.2) is 41.1 Å². The van der Waals surface area contributed by atoms with Gasteiger partial charge in [-0.25, -0.2) is 4.79 Å². The van der Waals surface area contributed by atoms with E-state index in [0.29, 0.717) is 29.3 Å². The number of rotatable bonds is 7. The van der Waals surface area contributed by atoms with E-state index in [0.717, 1.165) is 30.2 Å². The van der Waals surface area contributed by atoms with E-state index in [1.54, 1.807) is 25.3 Å². The molecule has 0 aliphatic carbocycles. The summed E-state index contributed by atoms with van der Waals surface area (Å²) in [5.41, 5.74) is 2.65. The third-order valence-corrected chi connectivity index (χ3v) is 5.07. The van der Waals surface area contributed by atoms with Crippen molar-refractivity contribution in [2.75, 3.05) is 13.1 Å². The van der Waals surface area contributed by atoms with Gasteiger partial charge in [-0.15, -0.1) is 0 Å². The molecule has 3 aromatic rings. The number of carbonyl (C=O) groups is 1. The molecule has 2 aromatic heterocycles. The van der Waals surface area contributed by atoms with E-state index in [2.05, 4.69) is 20.0 Å². The van der Waals surface area contributed by atoms with Crippen LogP contribution in [0.25, 0.3) is 11.3 Å². The second kappa shape index (κ2) is 8.23. The van der Waals surface area contributed by atoms with Gasteiger partial charge in [-0.05, 0) is 36.8 Å². The van der Waals surface area contributed by atoms with E-state index in [9.17, 15) is 4.79 Å². The van der Waals surface area contributed by atoms with Crippen LogP contribution < -0.4 is 4.74 Å². The lowest BCUT2D eigenvalue weighted by Crippen LogP contribution is -2.53. The van der Waals surface area contributed by atoms with Crippen molar-refractivity contribution in [1.29, 1.82) is 0 Å². The first kappa shape index (κ1) is 20.0. The van der Waals surface area contributed by atoms with Crippen LogP contribution in [0.5, 0.6) is 5.75 Å². The van der Waals surface area contributed by atoms with Crippen LogP contribution in [0.2, 0.25) is 0 Å². The molecule has 1 aliphatic heterocycles. The van der Waals surface area contributed by atoms with Gasteiger partial charge in [0.2, 0.25) is 5.89 Å². The van der Waals surface area contributed by atoms with Gasteiger partial charge in [0.25, 0.3) is 0 Å². The number of nitrogens with zero attached hydrogens (tertiary/aromatic N) is 4. The number of aryl methyl sites for hydroxylation is 1. The van der Waals surface area contributed by atoms with E-state index >= 15 is 0 Å². The Bertz CT molecular complexity index is 1040. The normalized spacial score (nSPS) is 14.7. The Balaban J connectivity index is 1.30. The standard InChI is InChI=1S/C22H24N4O4/c1-13(2)21-24-20(30-25-21)12-26-10-17(11-26)29-16-5-7-19(23-9-16)15-4-6-18(22(27)28)14(3)8-15/h4-9,13,17H,10-12H2,1-3H3,(H,27,28). The second-order valence-electron chi connectivity index (χ2n) is 7.85. The number of aromatic carboxylic acids is 1. The number of ether oxygens (including phenoxy) is 1. The number of pyridine rings is 1. The molecule has 1 fully saturated rings. The molecule has 3 heterocycles. The lowest BCUT2D eigenvalue weighted by molar-refractivity contribution is 0.00844. The van der Waals surface area contributed by atoms with Crippen molar-refractivity contribution < 1.29 is 19.2 Å². The predicted molar refractivity (Wildman–Crippen MR) is 109 cm³/mol. The SMILES string of the molecule is Cc1cc(-c2ccc(OC3CN(Cc4nc(C(C)C)no4)C3)cn2)ccc1C(=O)O. The minimum atomic E-state index is -0.926. The zero-order chi connectivity index (χ0) is 21.3.